The zero-order chi connectivity index (χ0) is 16.4. The van der Waals surface area contributed by atoms with Gasteiger partial charge in [-0.3, -0.25) is 9.59 Å². The average Bonchev–Trinajstić information content (AvgIpc) is 2.72. The van der Waals surface area contributed by atoms with E-state index in [0.29, 0.717) is 11.3 Å². The van der Waals surface area contributed by atoms with Gasteiger partial charge in [-0.15, -0.1) is 0 Å². The van der Waals surface area contributed by atoms with Crippen molar-refractivity contribution in [1.29, 1.82) is 0 Å². The number of hydrogen-bond acceptors (Lipinski definition) is 5. The zero-order valence-electron chi connectivity index (χ0n) is 12.7. The van der Waals surface area contributed by atoms with Crippen LogP contribution in [0.1, 0.15) is 25.5 Å². The summed E-state index contributed by atoms with van der Waals surface area (Å²) in [6.07, 6.45) is -0.774. The Balaban J connectivity index is 2.48. The van der Waals surface area contributed by atoms with E-state index in [1.54, 1.807) is 38.3 Å². The second-order valence-corrected chi connectivity index (χ2v) is 5.30. The smallest absolute Gasteiger partial charge is 0.290 e. The largest absolute Gasteiger partial charge is 0.503 e. The number of benzene rings is 1. The molecule has 0 fully saturated rings. The minimum absolute atomic E-state index is 0.0242. The molecule has 0 radical (unpaired) electrons. The number of aliphatic hydroxyl groups excluding tert-OH is 2. The molecule has 1 aromatic carbocycles. The van der Waals surface area contributed by atoms with Gasteiger partial charge in [0.05, 0.1) is 24.8 Å². The van der Waals surface area contributed by atoms with Crippen molar-refractivity contribution in [2.75, 3.05) is 13.7 Å². The molecule has 2 N–H and O–H groups in total. The molecule has 1 aliphatic heterocycles. The average molecular weight is 305 g/mol. The molecule has 0 saturated carbocycles. The molecule has 0 saturated heterocycles. The number of ketones is 1. The molecule has 1 aliphatic rings. The molecular formula is C16H19NO5. The number of carbonyl (C=O) groups is 2. The third kappa shape index (κ3) is 2.82. The molecule has 0 aromatic heterocycles. The van der Waals surface area contributed by atoms with Crippen molar-refractivity contribution in [2.24, 2.45) is 0 Å². The van der Waals surface area contributed by atoms with Crippen LogP contribution >= 0.6 is 0 Å². The molecule has 2 atom stereocenters. The quantitative estimate of drug-likeness (QED) is 0.857. The molecule has 2 rings (SSSR count). The monoisotopic (exact) mass is 305 g/mol. The van der Waals surface area contributed by atoms with E-state index in [2.05, 4.69) is 0 Å². The van der Waals surface area contributed by atoms with Crippen LogP contribution in [-0.2, 0) is 9.59 Å². The van der Waals surface area contributed by atoms with E-state index in [9.17, 15) is 19.8 Å². The third-order valence-electron chi connectivity index (χ3n) is 3.58. The summed E-state index contributed by atoms with van der Waals surface area (Å²) in [6.45, 7) is 2.87. The van der Waals surface area contributed by atoms with Crippen LogP contribution in [0.2, 0.25) is 0 Å². The molecule has 0 bridgehead atoms. The molecule has 22 heavy (non-hydrogen) atoms. The first kappa shape index (κ1) is 16.0. The van der Waals surface area contributed by atoms with Gasteiger partial charge >= 0.3 is 0 Å². The molecule has 0 unspecified atom stereocenters. The number of aliphatic hydroxyl groups is 2. The van der Waals surface area contributed by atoms with Crippen LogP contribution in [0.4, 0.5) is 0 Å². The van der Waals surface area contributed by atoms with Gasteiger partial charge in [-0.2, -0.15) is 0 Å². The standard InChI is InChI=1S/C16H19NO5/c1-9(18)8-17-14(11-4-6-12(22-3)7-5-11)13(10(2)19)15(20)16(17)21/h4-7,9,14,18,20H,8H2,1-3H3/t9-,14-/m1/s1. The predicted octanol–water partition coefficient (Wildman–Crippen LogP) is 1.36. The maximum Gasteiger partial charge on any atom is 0.290 e. The Morgan fingerprint density at radius 3 is 2.41 bits per heavy atom. The molecule has 6 nitrogen and oxygen atoms in total. The first-order valence-corrected chi connectivity index (χ1v) is 6.93. The summed E-state index contributed by atoms with van der Waals surface area (Å²) in [6, 6.07) is 6.19. The highest BCUT2D eigenvalue weighted by molar-refractivity contribution is 6.08. The first-order chi connectivity index (χ1) is 10.4. The van der Waals surface area contributed by atoms with Crippen molar-refractivity contribution < 1.29 is 24.5 Å². The number of ether oxygens (including phenoxy) is 1. The van der Waals surface area contributed by atoms with Gasteiger partial charge in [0.1, 0.15) is 5.75 Å². The summed E-state index contributed by atoms with van der Waals surface area (Å²) in [4.78, 5) is 25.4. The van der Waals surface area contributed by atoms with Gasteiger partial charge in [0, 0.05) is 6.54 Å². The second-order valence-electron chi connectivity index (χ2n) is 5.30. The van der Waals surface area contributed by atoms with E-state index < -0.39 is 23.8 Å². The minimum atomic E-state index is -0.774. The molecule has 0 aliphatic carbocycles. The van der Waals surface area contributed by atoms with E-state index in [1.165, 1.54) is 11.8 Å². The summed E-state index contributed by atoms with van der Waals surface area (Å²) in [7, 11) is 1.54. The van der Waals surface area contributed by atoms with Crippen LogP contribution < -0.4 is 4.74 Å². The summed E-state index contributed by atoms with van der Waals surface area (Å²) < 4.78 is 5.09. The lowest BCUT2D eigenvalue weighted by Gasteiger charge is -2.27. The van der Waals surface area contributed by atoms with Crippen LogP contribution in [0.15, 0.2) is 35.6 Å². The zero-order valence-corrected chi connectivity index (χ0v) is 12.7. The Bertz CT molecular complexity index is 618. The fourth-order valence-electron chi connectivity index (χ4n) is 2.62. The van der Waals surface area contributed by atoms with Crippen molar-refractivity contribution in [3.63, 3.8) is 0 Å². The summed E-state index contributed by atoms with van der Waals surface area (Å²) in [5.41, 5.74) is 0.722. The third-order valence-corrected chi connectivity index (χ3v) is 3.58. The Hall–Kier alpha value is -2.34. The van der Waals surface area contributed by atoms with E-state index in [-0.39, 0.29) is 17.9 Å². The minimum Gasteiger partial charge on any atom is -0.503 e. The van der Waals surface area contributed by atoms with Crippen LogP contribution in [0.3, 0.4) is 0 Å². The Morgan fingerprint density at radius 1 is 1.36 bits per heavy atom. The van der Waals surface area contributed by atoms with Gasteiger partial charge in [0.2, 0.25) is 0 Å². The van der Waals surface area contributed by atoms with E-state index in [4.69, 9.17) is 4.74 Å². The number of β-amino-alcohol motifs (C(OH)–C–C–N with tert-alkyl or cyclic N) is 1. The second kappa shape index (κ2) is 6.19. The van der Waals surface area contributed by atoms with Crippen LogP contribution in [-0.4, -0.2) is 46.6 Å². The van der Waals surface area contributed by atoms with Gasteiger partial charge in [0.15, 0.2) is 11.5 Å². The Kier molecular flexibility index (Phi) is 4.51. The van der Waals surface area contributed by atoms with Crippen molar-refractivity contribution in [3.05, 3.63) is 41.2 Å². The number of hydrogen-bond donors (Lipinski definition) is 2. The fraction of sp³-hybridized carbons (Fsp3) is 0.375. The molecule has 0 spiro atoms. The lowest BCUT2D eigenvalue weighted by atomic mass is 9.96. The van der Waals surface area contributed by atoms with Gasteiger partial charge in [0.25, 0.3) is 5.91 Å². The molecule has 1 aromatic rings. The summed E-state index contributed by atoms with van der Waals surface area (Å²) in [5.74, 6) is -0.923. The lowest BCUT2D eigenvalue weighted by molar-refractivity contribution is -0.130. The summed E-state index contributed by atoms with van der Waals surface area (Å²) in [5, 5.41) is 19.6. The highest BCUT2D eigenvalue weighted by atomic mass is 16.5. The van der Waals surface area contributed by atoms with E-state index in [1.807, 2.05) is 0 Å². The van der Waals surface area contributed by atoms with Gasteiger partial charge < -0.3 is 19.8 Å². The highest BCUT2D eigenvalue weighted by Gasteiger charge is 2.42. The normalized spacial score (nSPS) is 19.5. The highest BCUT2D eigenvalue weighted by Crippen LogP contribution is 2.38. The topological polar surface area (TPSA) is 87.1 Å². The molecular weight excluding hydrogens is 286 g/mol. The Morgan fingerprint density at radius 2 is 1.95 bits per heavy atom. The summed E-state index contributed by atoms with van der Waals surface area (Å²) >= 11 is 0. The van der Waals surface area contributed by atoms with Crippen molar-refractivity contribution in [2.45, 2.75) is 26.0 Å². The number of nitrogens with zero attached hydrogens (tertiary/aromatic N) is 1. The Labute approximate surface area is 128 Å². The maximum atomic E-state index is 12.2. The fourth-order valence-corrected chi connectivity index (χ4v) is 2.62. The number of methoxy groups -OCH3 is 1. The lowest BCUT2D eigenvalue weighted by Crippen LogP contribution is -2.36. The van der Waals surface area contributed by atoms with Crippen molar-refractivity contribution >= 4 is 11.7 Å². The predicted molar refractivity (Wildman–Crippen MR) is 79.5 cm³/mol. The van der Waals surface area contributed by atoms with Gasteiger partial charge in [-0.25, -0.2) is 0 Å². The number of carbonyl (C=O) groups excluding carboxylic acids is 2. The van der Waals surface area contributed by atoms with Crippen LogP contribution in [0, 0.1) is 0 Å². The van der Waals surface area contributed by atoms with Gasteiger partial charge in [-0.1, -0.05) is 12.1 Å². The number of rotatable bonds is 5. The van der Waals surface area contributed by atoms with Gasteiger partial charge in [-0.05, 0) is 31.5 Å². The number of Topliss-reactive ketones (excluding diaryl/α,β-unsaturated/α-hetero) is 1. The maximum absolute atomic E-state index is 12.2. The van der Waals surface area contributed by atoms with E-state index >= 15 is 0 Å². The van der Waals surface area contributed by atoms with Crippen molar-refractivity contribution in [3.8, 4) is 5.75 Å². The van der Waals surface area contributed by atoms with Crippen LogP contribution in [0.25, 0.3) is 0 Å². The SMILES string of the molecule is COc1ccc([C@@H]2C(C(C)=O)=C(O)C(=O)N2C[C@@H](C)O)cc1. The molecule has 1 heterocycles. The van der Waals surface area contributed by atoms with Crippen molar-refractivity contribution in [1.82, 2.24) is 4.90 Å². The number of amides is 1. The molecule has 118 valence electrons. The first-order valence-electron chi connectivity index (χ1n) is 6.93. The molecule has 1 amide bonds. The molecule has 6 heteroatoms. The van der Waals surface area contributed by atoms with Crippen LogP contribution in [0.5, 0.6) is 5.75 Å². The van der Waals surface area contributed by atoms with E-state index in [0.717, 1.165) is 0 Å².